The van der Waals surface area contributed by atoms with Gasteiger partial charge in [0, 0.05) is 5.02 Å². The Morgan fingerprint density at radius 1 is 1.57 bits per heavy atom. The molecule has 0 aliphatic carbocycles. The molecule has 1 amide bonds. The van der Waals surface area contributed by atoms with E-state index < -0.39 is 11.7 Å². The Balaban J connectivity index is 2.85. The van der Waals surface area contributed by atoms with Crippen molar-refractivity contribution in [1.29, 1.82) is 0 Å². The van der Waals surface area contributed by atoms with E-state index in [2.05, 4.69) is 11.8 Å². The summed E-state index contributed by atoms with van der Waals surface area (Å²) in [6.07, 6.45) is -0.0813. The number of benzene rings is 1. The topological polar surface area (TPSA) is 43.1 Å². The van der Waals surface area contributed by atoms with E-state index in [9.17, 15) is 9.18 Å². The zero-order chi connectivity index (χ0) is 10.6. The lowest BCUT2D eigenvalue weighted by atomic mass is 10.2. The van der Waals surface area contributed by atoms with Gasteiger partial charge in [-0.15, -0.1) is 0 Å². The smallest absolute Gasteiger partial charge is 0.229 e. The van der Waals surface area contributed by atoms with Crippen molar-refractivity contribution >= 4 is 17.5 Å². The molecule has 0 atom stereocenters. The summed E-state index contributed by atoms with van der Waals surface area (Å²) in [6, 6.07) is 4.14. The van der Waals surface area contributed by atoms with Crippen LogP contribution in [-0.4, -0.2) is 5.91 Å². The first-order valence-corrected chi connectivity index (χ1v) is 4.19. The van der Waals surface area contributed by atoms with Crippen molar-refractivity contribution in [3.63, 3.8) is 0 Å². The number of carbonyl (C=O) groups excluding carboxylic acids is 1. The van der Waals surface area contributed by atoms with E-state index in [0.29, 0.717) is 5.02 Å². The molecule has 1 aromatic carbocycles. The third kappa shape index (κ3) is 3.08. The second-order valence-electron chi connectivity index (χ2n) is 2.57. The minimum absolute atomic E-state index is 0.0813. The summed E-state index contributed by atoms with van der Waals surface area (Å²) in [5.41, 5.74) is 5.07. The third-order valence-corrected chi connectivity index (χ3v) is 1.65. The van der Waals surface area contributed by atoms with Crippen LogP contribution < -0.4 is 5.73 Å². The van der Waals surface area contributed by atoms with Crippen molar-refractivity contribution < 1.29 is 9.18 Å². The standard InChI is InChI=1S/C10H7ClFNO/c11-8-5-4-7(9(12)6-8)2-1-3-10(13)14/h4-6H,3H2,(H2,13,14). The molecule has 1 rings (SSSR count). The van der Waals surface area contributed by atoms with Gasteiger partial charge in [-0.25, -0.2) is 4.39 Å². The van der Waals surface area contributed by atoms with E-state index in [1.807, 2.05) is 0 Å². The van der Waals surface area contributed by atoms with Crippen molar-refractivity contribution in [2.45, 2.75) is 6.42 Å². The van der Waals surface area contributed by atoms with Gasteiger partial charge in [0.1, 0.15) is 5.82 Å². The van der Waals surface area contributed by atoms with E-state index >= 15 is 0 Å². The fraction of sp³-hybridized carbons (Fsp3) is 0.100. The number of hydrogen-bond acceptors (Lipinski definition) is 1. The van der Waals surface area contributed by atoms with Crippen LogP contribution in [0.15, 0.2) is 18.2 Å². The molecule has 0 spiro atoms. The molecule has 4 heteroatoms. The Morgan fingerprint density at radius 2 is 2.29 bits per heavy atom. The van der Waals surface area contributed by atoms with Crippen molar-refractivity contribution in [1.82, 2.24) is 0 Å². The average Bonchev–Trinajstić information content (AvgIpc) is 2.08. The van der Waals surface area contributed by atoms with Gasteiger partial charge in [-0.05, 0) is 18.2 Å². The van der Waals surface area contributed by atoms with Crippen LogP contribution in [0, 0.1) is 17.7 Å². The van der Waals surface area contributed by atoms with Crippen LogP contribution in [0.25, 0.3) is 0 Å². The lowest BCUT2D eigenvalue weighted by Gasteiger charge is -1.93. The molecule has 0 saturated heterocycles. The summed E-state index contributed by atoms with van der Waals surface area (Å²) in [5, 5.41) is 0.308. The predicted molar refractivity (Wildman–Crippen MR) is 52.1 cm³/mol. The molecule has 0 aliphatic rings. The van der Waals surface area contributed by atoms with Gasteiger partial charge in [0.2, 0.25) is 5.91 Å². The van der Waals surface area contributed by atoms with Crippen molar-refractivity contribution in [2.24, 2.45) is 5.73 Å². The maximum atomic E-state index is 13.1. The summed E-state index contributed by atoms with van der Waals surface area (Å²) in [6.45, 7) is 0. The number of hydrogen-bond donors (Lipinski definition) is 1. The molecule has 1 aromatic rings. The highest BCUT2D eigenvalue weighted by Gasteiger charge is 1.98. The molecule has 0 heterocycles. The Hall–Kier alpha value is -1.53. The lowest BCUT2D eigenvalue weighted by molar-refractivity contribution is -0.117. The number of amides is 1. The van der Waals surface area contributed by atoms with Crippen LogP contribution in [0.3, 0.4) is 0 Å². The molecule has 0 aromatic heterocycles. The number of primary amides is 1. The van der Waals surface area contributed by atoms with Crippen molar-refractivity contribution in [3.8, 4) is 11.8 Å². The van der Waals surface area contributed by atoms with Crippen LogP contribution in [0.2, 0.25) is 5.02 Å². The molecule has 0 aliphatic heterocycles. The molecule has 0 saturated carbocycles. The highest BCUT2D eigenvalue weighted by molar-refractivity contribution is 6.30. The summed E-state index contributed by atoms with van der Waals surface area (Å²) in [7, 11) is 0. The van der Waals surface area contributed by atoms with Gasteiger partial charge in [0.05, 0.1) is 12.0 Å². The maximum Gasteiger partial charge on any atom is 0.229 e. The fourth-order valence-corrected chi connectivity index (χ4v) is 0.976. The van der Waals surface area contributed by atoms with E-state index in [4.69, 9.17) is 17.3 Å². The average molecular weight is 212 g/mol. The predicted octanol–water partition coefficient (Wildman–Crippen LogP) is 1.71. The van der Waals surface area contributed by atoms with Gasteiger partial charge >= 0.3 is 0 Å². The minimum atomic E-state index is -0.535. The molecule has 2 nitrogen and oxygen atoms in total. The van der Waals surface area contributed by atoms with Gasteiger partial charge < -0.3 is 5.73 Å². The number of rotatable bonds is 1. The molecule has 0 bridgehead atoms. The van der Waals surface area contributed by atoms with Gasteiger partial charge in [0.15, 0.2) is 0 Å². The van der Waals surface area contributed by atoms with E-state index in [1.165, 1.54) is 12.1 Å². The van der Waals surface area contributed by atoms with Gasteiger partial charge in [-0.3, -0.25) is 4.79 Å². The zero-order valence-corrected chi connectivity index (χ0v) is 7.94. The number of carbonyl (C=O) groups is 1. The molecule has 72 valence electrons. The molecular formula is C10H7ClFNO. The summed E-state index contributed by atoms with van der Waals surface area (Å²) >= 11 is 5.54. The van der Waals surface area contributed by atoms with Gasteiger partial charge in [-0.1, -0.05) is 23.4 Å². The quantitative estimate of drug-likeness (QED) is 0.706. The first kappa shape index (κ1) is 10.6. The minimum Gasteiger partial charge on any atom is -0.369 e. The van der Waals surface area contributed by atoms with Crippen LogP contribution in [0.4, 0.5) is 4.39 Å². The van der Waals surface area contributed by atoms with Crippen LogP contribution in [0.1, 0.15) is 12.0 Å². The second-order valence-corrected chi connectivity index (χ2v) is 3.01. The normalized spacial score (nSPS) is 9.00. The summed E-state index contributed by atoms with van der Waals surface area (Å²) in [5.74, 6) is 3.90. The van der Waals surface area contributed by atoms with Crippen LogP contribution in [0.5, 0.6) is 0 Å². The van der Waals surface area contributed by atoms with Gasteiger partial charge in [0.25, 0.3) is 0 Å². The molecule has 14 heavy (non-hydrogen) atoms. The van der Waals surface area contributed by atoms with E-state index in [0.717, 1.165) is 6.07 Å². The van der Waals surface area contributed by atoms with E-state index in [1.54, 1.807) is 0 Å². The largest absolute Gasteiger partial charge is 0.369 e. The van der Waals surface area contributed by atoms with Crippen molar-refractivity contribution in [2.75, 3.05) is 0 Å². The number of nitrogens with two attached hydrogens (primary N) is 1. The maximum absolute atomic E-state index is 13.1. The highest BCUT2D eigenvalue weighted by atomic mass is 35.5. The van der Waals surface area contributed by atoms with Crippen LogP contribution in [-0.2, 0) is 4.79 Å². The molecule has 0 radical (unpaired) electrons. The first-order chi connectivity index (χ1) is 6.59. The Bertz CT molecular complexity index is 420. The SMILES string of the molecule is NC(=O)CC#Cc1ccc(Cl)cc1F. The van der Waals surface area contributed by atoms with Crippen molar-refractivity contribution in [3.05, 3.63) is 34.6 Å². The lowest BCUT2D eigenvalue weighted by Crippen LogP contribution is -2.08. The number of halogens is 2. The molecule has 2 N–H and O–H groups in total. The Kier molecular flexibility index (Phi) is 3.49. The Morgan fingerprint density at radius 3 is 2.86 bits per heavy atom. The summed E-state index contributed by atoms with van der Waals surface area (Å²) < 4.78 is 13.1. The first-order valence-electron chi connectivity index (χ1n) is 3.82. The monoisotopic (exact) mass is 211 g/mol. The third-order valence-electron chi connectivity index (χ3n) is 1.42. The second kappa shape index (κ2) is 4.64. The molecule has 0 fully saturated rings. The van der Waals surface area contributed by atoms with Crippen LogP contribution >= 0.6 is 11.6 Å². The highest BCUT2D eigenvalue weighted by Crippen LogP contribution is 2.13. The molecule has 0 unspecified atom stereocenters. The van der Waals surface area contributed by atoms with E-state index in [-0.39, 0.29) is 12.0 Å². The zero-order valence-electron chi connectivity index (χ0n) is 7.18. The molecular weight excluding hydrogens is 205 g/mol. The fourth-order valence-electron chi connectivity index (χ4n) is 0.817. The summed E-state index contributed by atoms with van der Waals surface area (Å²) in [4.78, 5) is 10.3. The Labute approximate surface area is 85.9 Å². The van der Waals surface area contributed by atoms with Gasteiger partial charge in [-0.2, -0.15) is 0 Å².